The zero-order valence-electron chi connectivity index (χ0n) is 14.7. The molecule has 2 aliphatic rings. The molecular formula is C19H22N6S. The van der Waals surface area contributed by atoms with Crippen molar-refractivity contribution >= 4 is 29.1 Å². The molecule has 2 aliphatic heterocycles. The number of anilines is 3. The van der Waals surface area contributed by atoms with Gasteiger partial charge in [0.05, 0.1) is 11.3 Å². The molecule has 7 heteroatoms. The molecule has 0 bridgehead atoms. The molecule has 2 fully saturated rings. The van der Waals surface area contributed by atoms with E-state index in [4.69, 9.17) is 0 Å². The van der Waals surface area contributed by atoms with Crippen LogP contribution in [0.5, 0.6) is 0 Å². The van der Waals surface area contributed by atoms with Gasteiger partial charge in [-0.1, -0.05) is 12.1 Å². The van der Waals surface area contributed by atoms with Gasteiger partial charge in [-0.2, -0.15) is 17.0 Å². The number of hydrogen-bond donors (Lipinski definition) is 0. The van der Waals surface area contributed by atoms with Crippen LogP contribution in [0.3, 0.4) is 0 Å². The minimum atomic E-state index is 0.744. The fourth-order valence-electron chi connectivity index (χ4n) is 3.50. The Balaban J connectivity index is 1.44. The fourth-order valence-corrected chi connectivity index (χ4v) is 4.40. The lowest BCUT2D eigenvalue weighted by atomic mass is 10.1. The highest BCUT2D eigenvalue weighted by molar-refractivity contribution is 7.99. The molecule has 0 N–H and O–H groups in total. The van der Waals surface area contributed by atoms with Gasteiger partial charge in [-0.05, 0) is 12.1 Å². The largest absolute Gasteiger partial charge is 0.367 e. The number of piperazine rings is 1. The summed E-state index contributed by atoms with van der Waals surface area (Å²) in [7, 11) is 0. The van der Waals surface area contributed by atoms with E-state index in [2.05, 4.69) is 36.8 Å². The second kappa shape index (κ2) is 7.83. The minimum Gasteiger partial charge on any atom is -0.367 e. The van der Waals surface area contributed by atoms with E-state index in [-0.39, 0.29) is 0 Å². The molecule has 0 unspecified atom stereocenters. The van der Waals surface area contributed by atoms with Crippen LogP contribution in [-0.4, -0.2) is 60.7 Å². The number of benzene rings is 1. The van der Waals surface area contributed by atoms with Gasteiger partial charge in [-0.15, -0.1) is 0 Å². The Labute approximate surface area is 158 Å². The van der Waals surface area contributed by atoms with E-state index in [1.54, 1.807) is 6.33 Å². The highest BCUT2D eigenvalue weighted by Gasteiger charge is 2.21. The highest BCUT2D eigenvalue weighted by Crippen LogP contribution is 2.24. The van der Waals surface area contributed by atoms with E-state index in [0.717, 1.165) is 73.7 Å². The Morgan fingerprint density at radius 3 is 2.15 bits per heavy atom. The quantitative estimate of drug-likeness (QED) is 0.825. The molecule has 2 saturated heterocycles. The summed E-state index contributed by atoms with van der Waals surface area (Å²) >= 11 is 2.00. The molecule has 1 aromatic heterocycles. The van der Waals surface area contributed by atoms with Crippen LogP contribution in [0.4, 0.5) is 17.3 Å². The molecule has 0 aliphatic carbocycles. The SMILES string of the molecule is N#Cc1ccccc1N1CCN(c2cc(N3CCSCC3)ncn2)CC1. The van der Waals surface area contributed by atoms with Crippen LogP contribution in [0, 0.1) is 11.3 Å². The molecule has 0 radical (unpaired) electrons. The summed E-state index contributed by atoms with van der Waals surface area (Å²) in [5, 5.41) is 9.32. The van der Waals surface area contributed by atoms with Gasteiger partial charge < -0.3 is 14.7 Å². The fraction of sp³-hybridized carbons (Fsp3) is 0.421. The van der Waals surface area contributed by atoms with Crippen molar-refractivity contribution in [2.24, 2.45) is 0 Å². The summed E-state index contributed by atoms with van der Waals surface area (Å²) in [6.45, 7) is 5.68. The summed E-state index contributed by atoms with van der Waals surface area (Å²) in [5.74, 6) is 4.36. The van der Waals surface area contributed by atoms with Crippen LogP contribution in [0.25, 0.3) is 0 Å². The maximum Gasteiger partial charge on any atom is 0.134 e. The molecule has 0 atom stereocenters. The van der Waals surface area contributed by atoms with Gasteiger partial charge in [-0.25, -0.2) is 9.97 Å². The standard InChI is InChI=1S/C19H22N6S/c20-14-16-3-1-2-4-17(16)23-5-7-24(8-6-23)18-13-19(22-15-21-18)25-9-11-26-12-10-25/h1-4,13,15H,5-12H2. The van der Waals surface area contributed by atoms with Gasteiger partial charge >= 0.3 is 0 Å². The molecular weight excluding hydrogens is 344 g/mol. The van der Waals surface area contributed by atoms with Gasteiger partial charge in [0.15, 0.2) is 0 Å². The number of para-hydroxylation sites is 1. The number of rotatable bonds is 3. The van der Waals surface area contributed by atoms with Crippen LogP contribution < -0.4 is 14.7 Å². The van der Waals surface area contributed by atoms with E-state index >= 15 is 0 Å². The predicted molar refractivity (Wildman–Crippen MR) is 107 cm³/mol. The number of aromatic nitrogens is 2. The van der Waals surface area contributed by atoms with Crippen molar-refractivity contribution in [2.45, 2.75) is 0 Å². The highest BCUT2D eigenvalue weighted by atomic mass is 32.2. The first-order valence-electron chi connectivity index (χ1n) is 8.99. The van der Waals surface area contributed by atoms with Crippen molar-refractivity contribution in [2.75, 3.05) is 65.5 Å². The summed E-state index contributed by atoms with van der Waals surface area (Å²) in [5.41, 5.74) is 1.78. The maximum atomic E-state index is 9.32. The average Bonchev–Trinajstić information content (AvgIpc) is 2.74. The van der Waals surface area contributed by atoms with Gasteiger partial charge in [0.1, 0.15) is 24.0 Å². The summed E-state index contributed by atoms with van der Waals surface area (Å²) in [6, 6.07) is 12.2. The third kappa shape index (κ3) is 3.56. The number of nitriles is 1. The lowest BCUT2D eigenvalue weighted by molar-refractivity contribution is 0.646. The third-order valence-electron chi connectivity index (χ3n) is 4.94. The maximum absolute atomic E-state index is 9.32. The second-order valence-corrected chi connectivity index (χ2v) is 7.66. The first-order chi connectivity index (χ1) is 12.8. The Kier molecular flexibility index (Phi) is 5.12. The molecule has 26 heavy (non-hydrogen) atoms. The molecule has 2 aromatic rings. The molecule has 0 amide bonds. The Morgan fingerprint density at radius 1 is 0.846 bits per heavy atom. The summed E-state index contributed by atoms with van der Waals surface area (Å²) < 4.78 is 0. The lowest BCUT2D eigenvalue weighted by Gasteiger charge is -2.37. The smallest absolute Gasteiger partial charge is 0.134 e. The first kappa shape index (κ1) is 17.0. The number of thioether (sulfide) groups is 1. The zero-order valence-corrected chi connectivity index (χ0v) is 15.5. The van der Waals surface area contributed by atoms with E-state index < -0.39 is 0 Å². The van der Waals surface area contributed by atoms with Crippen LogP contribution in [0.1, 0.15) is 5.56 Å². The number of nitrogens with zero attached hydrogens (tertiary/aromatic N) is 6. The van der Waals surface area contributed by atoms with Crippen LogP contribution in [0.15, 0.2) is 36.7 Å². The van der Waals surface area contributed by atoms with Gasteiger partial charge in [0.25, 0.3) is 0 Å². The Morgan fingerprint density at radius 2 is 1.46 bits per heavy atom. The monoisotopic (exact) mass is 366 g/mol. The van der Waals surface area contributed by atoms with Gasteiger partial charge in [0, 0.05) is 56.8 Å². The molecule has 0 saturated carbocycles. The molecule has 6 nitrogen and oxygen atoms in total. The zero-order chi connectivity index (χ0) is 17.8. The summed E-state index contributed by atoms with van der Waals surface area (Å²) in [6.07, 6.45) is 1.68. The molecule has 3 heterocycles. The van der Waals surface area contributed by atoms with Crippen molar-refractivity contribution in [1.82, 2.24) is 9.97 Å². The van der Waals surface area contributed by atoms with Crippen molar-refractivity contribution in [1.29, 1.82) is 5.26 Å². The normalized spacial score (nSPS) is 17.9. The van der Waals surface area contributed by atoms with Crippen molar-refractivity contribution in [3.8, 4) is 6.07 Å². The average molecular weight is 366 g/mol. The Hall–Kier alpha value is -2.46. The molecule has 1 aromatic carbocycles. The van der Waals surface area contributed by atoms with Gasteiger partial charge in [-0.3, -0.25) is 0 Å². The van der Waals surface area contributed by atoms with E-state index in [1.165, 1.54) is 0 Å². The topological polar surface area (TPSA) is 59.3 Å². The van der Waals surface area contributed by atoms with Crippen molar-refractivity contribution in [3.05, 3.63) is 42.2 Å². The molecule has 0 spiro atoms. The Bertz CT molecular complexity index is 791. The van der Waals surface area contributed by atoms with Crippen molar-refractivity contribution < 1.29 is 0 Å². The lowest BCUT2D eigenvalue weighted by Crippen LogP contribution is -2.47. The molecule has 4 rings (SSSR count). The van der Waals surface area contributed by atoms with Crippen LogP contribution in [0.2, 0.25) is 0 Å². The summed E-state index contributed by atoms with van der Waals surface area (Å²) in [4.78, 5) is 15.9. The first-order valence-corrected chi connectivity index (χ1v) is 10.1. The number of hydrogen-bond acceptors (Lipinski definition) is 7. The molecule has 134 valence electrons. The van der Waals surface area contributed by atoms with Crippen LogP contribution >= 0.6 is 11.8 Å². The van der Waals surface area contributed by atoms with Crippen molar-refractivity contribution in [3.63, 3.8) is 0 Å². The van der Waals surface area contributed by atoms with Gasteiger partial charge in [0.2, 0.25) is 0 Å². The van der Waals surface area contributed by atoms with E-state index in [1.807, 2.05) is 36.0 Å². The second-order valence-electron chi connectivity index (χ2n) is 6.44. The predicted octanol–water partition coefficient (Wildman–Crippen LogP) is 2.23. The van der Waals surface area contributed by atoms with Crippen LogP contribution in [-0.2, 0) is 0 Å². The third-order valence-corrected chi connectivity index (χ3v) is 5.88. The van der Waals surface area contributed by atoms with E-state index in [0.29, 0.717) is 0 Å². The van der Waals surface area contributed by atoms with E-state index in [9.17, 15) is 5.26 Å². The minimum absolute atomic E-state index is 0.744.